The highest BCUT2D eigenvalue weighted by Gasteiger charge is 2.23. The van der Waals surface area contributed by atoms with E-state index in [-0.39, 0.29) is 0 Å². The summed E-state index contributed by atoms with van der Waals surface area (Å²) < 4.78 is 2.38. The van der Waals surface area contributed by atoms with Crippen LogP contribution in [-0.4, -0.2) is 27.0 Å². The maximum absolute atomic E-state index is 6.06. The molecule has 0 aliphatic carbocycles. The topological polar surface area (TPSA) is 21.1 Å². The highest BCUT2D eigenvalue weighted by Crippen LogP contribution is 2.25. The molecule has 1 saturated heterocycles. The van der Waals surface area contributed by atoms with Crippen molar-refractivity contribution < 1.29 is 0 Å². The van der Waals surface area contributed by atoms with Crippen LogP contribution in [0.25, 0.3) is 11.0 Å². The van der Waals surface area contributed by atoms with E-state index in [1.165, 1.54) is 41.6 Å². The zero-order valence-corrected chi connectivity index (χ0v) is 16.6. The van der Waals surface area contributed by atoms with Crippen LogP contribution < -0.4 is 0 Å². The molecular formula is C22H26ClN3. The second kappa shape index (κ2) is 7.05. The summed E-state index contributed by atoms with van der Waals surface area (Å²) in [6.45, 7) is 9.58. The Morgan fingerprint density at radius 2 is 1.81 bits per heavy atom. The van der Waals surface area contributed by atoms with Gasteiger partial charge in [0.1, 0.15) is 5.82 Å². The van der Waals surface area contributed by atoms with Crippen LogP contribution in [0.1, 0.15) is 42.3 Å². The molecule has 2 aromatic carbocycles. The number of benzene rings is 2. The van der Waals surface area contributed by atoms with Gasteiger partial charge in [-0.05, 0) is 81.1 Å². The van der Waals surface area contributed by atoms with E-state index in [1.807, 2.05) is 12.1 Å². The average molecular weight is 368 g/mol. The van der Waals surface area contributed by atoms with Crippen LogP contribution >= 0.6 is 11.6 Å². The van der Waals surface area contributed by atoms with Crippen LogP contribution in [0.5, 0.6) is 0 Å². The molecule has 26 heavy (non-hydrogen) atoms. The Labute approximate surface area is 160 Å². The fourth-order valence-electron chi connectivity index (χ4n) is 3.91. The lowest BCUT2D eigenvalue weighted by Crippen LogP contribution is -2.28. The van der Waals surface area contributed by atoms with Crippen molar-refractivity contribution >= 4 is 22.6 Å². The Morgan fingerprint density at radius 1 is 1.08 bits per heavy atom. The minimum Gasteiger partial charge on any atom is -0.322 e. The Balaban J connectivity index is 1.76. The summed E-state index contributed by atoms with van der Waals surface area (Å²) in [7, 11) is 0. The molecule has 0 radical (unpaired) electrons. The van der Waals surface area contributed by atoms with E-state index in [4.69, 9.17) is 16.6 Å². The first-order chi connectivity index (χ1) is 12.5. The fourth-order valence-corrected chi connectivity index (χ4v) is 4.03. The Kier molecular flexibility index (Phi) is 4.76. The molecule has 0 unspecified atom stereocenters. The van der Waals surface area contributed by atoms with Gasteiger partial charge < -0.3 is 4.57 Å². The molecule has 136 valence electrons. The molecule has 1 fully saturated rings. The molecule has 4 rings (SSSR count). The summed E-state index contributed by atoms with van der Waals surface area (Å²) in [5.74, 6) is 1.16. The molecule has 0 amide bonds. The monoisotopic (exact) mass is 367 g/mol. The zero-order chi connectivity index (χ0) is 18.3. The van der Waals surface area contributed by atoms with E-state index in [0.717, 1.165) is 29.5 Å². The summed E-state index contributed by atoms with van der Waals surface area (Å²) in [5, 5.41) is 0.779. The summed E-state index contributed by atoms with van der Waals surface area (Å²) in [5.41, 5.74) is 6.20. The van der Waals surface area contributed by atoms with Crippen molar-refractivity contribution in [2.45, 2.75) is 52.7 Å². The maximum atomic E-state index is 6.06. The van der Waals surface area contributed by atoms with Crippen molar-refractivity contribution in [2.24, 2.45) is 0 Å². The lowest BCUT2D eigenvalue weighted by atomic mass is 10.1. The van der Waals surface area contributed by atoms with E-state index in [9.17, 15) is 0 Å². The molecule has 0 saturated carbocycles. The molecule has 1 aliphatic heterocycles. The molecule has 2 heterocycles. The van der Waals surface area contributed by atoms with Gasteiger partial charge >= 0.3 is 0 Å². The predicted octanol–water partition coefficient (Wildman–Crippen LogP) is 5.34. The van der Waals surface area contributed by atoms with Crippen molar-refractivity contribution in [2.75, 3.05) is 6.54 Å². The zero-order valence-electron chi connectivity index (χ0n) is 15.8. The third-order valence-electron chi connectivity index (χ3n) is 5.73. The van der Waals surface area contributed by atoms with Crippen LogP contribution in [0.2, 0.25) is 5.02 Å². The summed E-state index contributed by atoms with van der Waals surface area (Å²) in [6.07, 6.45) is 2.58. The van der Waals surface area contributed by atoms with Gasteiger partial charge in [0.2, 0.25) is 0 Å². The number of fused-ring (bicyclic) bond motifs is 1. The highest BCUT2D eigenvalue weighted by atomic mass is 35.5. The molecule has 0 spiro atoms. The van der Waals surface area contributed by atoms with Gasteiger partial charge in [0.15, 0.2) is 0 Å². The molecule has 0 N–H and O–H groups in total. The maximum Gasteiger partial charge on any atom is 0.124 e. The first-order valence-corrected chi connectivity index (χ1v) is 9.84. The third kappa shape index (κ3) is 3.38. The molecule has 3 nitrogen and oxygen atoms in total. The highest BCUT2D eigenvalue weighted by molar-refractivity contribution is 6.30. The van der Waals surface area contributed by atoms with E-state index >= 15 is 0 Å². The van der Waals surface area contributed by atoms with E-state index in [0.29, 0.717) is 6.04 Å². The molecule has 4 heteroatoms. The fraction of sp³-hybridized carbons (Fsp3) is 0.409. The van der Waals surface area contributed by atoms with Crippen molar-refractivity contribution in [1.82, 2.24) is 14.5 Å². The Hall–Kier alpha value is -1.84. The van der Waals surface area contributed by atoms with Gasteiger partial charge in [-0.25, -0.2) is 4.98 Å². The molecular weight excluding hydrogens is 342 g/mol. The SMILES string of the molecule is Cc1cc2nc(CN3CCC[C@H]3C)n(Cc3ccc(Cl)cc3)c2cc1C. The van der Waals surface area contributed by atoms with Crippen molar-refractivity contribution in [3.63, 3.8) is 0 Å². The molecule has 1 aliphatic rings. The number of likely N-dealkylation sites (tertiary alicyclic amines) is 1. The lowest BCUT2D eigenvalue weighted by molar-refractivity contribution is 0.251. The second-order valence-corrected chi connectivity index (χ2v) is 8.06. The van der Waals surface area contributed by atoms with Gasteiger partial charge in [0.25, 0.3) is 0 Å². The van der Waals surface area contributed by atoms with Crippen molar-refractivity contribution in [3.8, 4) is 0 Å². The number of hydrogen-bond donors (Lipinski definition) is 0. The Bertz CT molecular complexity index is 927. The minimum atomic E-state index is 0.641. The minimum absolute atomic E-state index is 0.641. The van der Waals surface area contributed by atoms with Crippen LogP contribution in [0.15, 0.2) is 36.4 Å². The summed E-state index contributed by atoms with van der Waals surface area (Å²) in [4.78, 5) is 7.58. The van der Waals surface area contributed by atoms with Gasteiger partial charge in [0.05, 0.1) is 17.6 Å². The van der Waals surface area contributed by atoms with Gasteiger partial charge in [-0.2, -0.15) is 0 Å². The standard InChI is InChI=1S/C22H26ClN3/c1-15-11-20-21(12-16(15)2)26(13-18-6-8-19(23)9-7-18)22(24-20)14-25-10-4-5-17(25)3/h6-9,11-12,17H,4-5,10,13-14H2,1-3H3/t17-/m1/s1. The first-order valence-electron chi connectivity index (χ1n) is 9.46. The van der Waals surface area contributed by atoms with Gasteiger partial charge in [-0.15, -0.1) is 0 Å². The summed E-state index contributed by atoms with van der Waals surface area (Å²) >= 11 is 6.06. The van der Waals surface area contributed by atoms with Crippen LogP contribution in [0.4, 0.5) is 0 Å². The predicted molar refractivity (Wildman–Crippen MR) is 109 cm³/mol. The van der Waals surface area contributed by atoms with E-state index < -0.39 is 0 Å². The van der Waals surface area contributed by atoms with E-state index in [1.54, 1.807) is 0 Å². The van der Waals surface area contributed by atoms with Crippen LogP contribution in [-0.2, 0) is 13.1 Å². The largest absolute Gasteiger partial charge is 0.322 e. The number of imidazole rings is 1. The molecule has 1 aromatic heterocycles. The number of aryl methyl sites for hydroxylation is 2. The molecule has 3 aromatic rings. The Morgan fingerprint density at radius 3 is 2.50 bits per heavy atom. The third-order valence-corrected chi connectivity index (χ3v) is 5.98. The number of rotatable bonds is 4. The quantitative estimate of drug-likeness (QED) is 0.620. The lowest BCUT2D eigenvalue weighted by Gasteiger charge is -2.21. The molecule has 1 atom stereocenters. The van der Waals surface area contributed by atoms with E-state index in [2.05, 4.69) is 54.5 Å². The number of hydrogen-bond acceptors (Lipinski definition) is 2. The average Bonchev–Trinajstić information content (AvgIpc) is 3.15. The van der Waals surface area contributed by atoms with Gasteiger partial charge in [-0.3, -0.25) is 4.90 Å². The second-order valence-electron chi connectivity index (χ2n) is 7.63. The van der Waals surface area contributed by atoms with Crippen molar-refractivity contribution in [3.05, 3.63) is 63.9 Å². The normalized spacial score (nSPS) is 18.1. The number of halogens is 1. The summed E-state index contributed by atoms with van der Waals surface area (Å²) in [6, 6.07) is 13.3. The van der Waals surface area contributed by atoms with Gasteiger partial charge in [0, 0.05) is 17.6 Å². The molecule has 0 bridgehead atoms. The smallest absolute Gasteiger partial charge is 0.124 e. The number of aromatic nitrogens is 2. The van der Waals surface area contributed by atoms with Crippen molar-refractivity contribution in [1.29, 1.82) is 0 Å². The van der Waals surface area contributed by atoms with Gasteiger partial charge in [-0.1, -0.05) is 23.7 Å². The first kappa shape index (κ1) is 17.6. The number of nitrogens with zero attached hydrogens (tertiary/aromatic N) is 3. The van der Waals surface area contributed by atoms with Crippen LogP contribution in [0.3, 0.4) is 0 Å². The van der Waals surface area contributed by atoms with Crippen LogP contribution in [0, 0.1) is 13.8 Å².